The van der Waals surface area contributed by atoms with E-state index in [0.717, 1.165) is 13.1 Å². The minimum Gasteiger partial charge on any atom is -0.358 e. The SMILES string of the molecule is CN/C(=N/C#N)N1CCCC1. The van der Waals surface area contributed by atoms with Crippen molar-refractivity contribution in [1.82, 2.24) is 10.2 Å². The molecule has 0 aliphatic carbocycles. The van der Waals surface area contributed by atoms with Crippen LogP contribution in [0.4, 0.5) is 0 Å². The molecule has 1 aliphatic rings. The van der Waals surface area contributed by atoms with E-state index in [-0.39, 0.29) is 0 Å². The standard InChI is InChI=1S/C7H12N4/c1-9-7(10-6-8)11-4-2-3-5-11/h2-5H2,1H3,(H,9,10). The number of guanidine groups is 1. The Morgan fingerprint density at radius 3 is 2.64 bits per heavy atom. The predicted molar refractivity (Wildman–Crippen MR) is 42.9 cm³/mol. The molecular weight excluding hydrogens is 140 g/mol. The van der Waals surface area contributed by atoms with Crippen LogP contribution in [0.15, 0.2) is 4.99 Å². The van der Waals surface area contributed by atoms with Crippen molar-refractivity contribution in [3.63, 3.8) is 0 Å². The van der Waals surface area contributed by atoms with Gasteiger partial charge in [0.1, 0.15) is 0 Å². The second-order valence-electron chi connectivity index (χ2n) is 2.48. The molecule has 0 saturated carbocycles. The normalized spacial score (nSPS) is 18.2. The van der Waals surface area contributed by atoms with Gasteiger partial charge in [-0.05, 0) is 12.8 Å². The number of nitriles is 1. The van der Waals surface area contributed by atoms with Crippen LogP contribution in [-0.2, 0) is 0 Å². The first-order valence-electron chi connectivity index (χ1n) is 3.78. The van der Waals surface area contributed by atoms with Crippen LogP contribution < -0.4 is 5.32 Å². The molecule has 0 amide bonds. The average Bonchev–Trinajstić information content (AvgIpc) is 2.52. The van der Waals surface area contributed by atoms with Gasteiger partial charge in [0, 0.05) is 20.1 Å². The van der Waals surface area contributed by atoms with Gasteiger partial charge in [-0.2, -0.15) is 5.26 Å². The monoisotopic (exact) mass is 152 g/mol. The minimum absolute atomic E-state index is 0.699. The second-order valence-corrected chi connectivity index (χ2v) is 2.48. The van der Waals surface area contributed by atoms with E-state index in [1.54, 1.807) is 13.2 Å². The summed E-state index contributed by atoms with van der Waals surface area (Å²) >= 11 is 0. The fourth-order valence-electron chi connectivity index (χ4n) is 1.26. The third-order valence-electron chi connectivity index (χ3n) is 1.79. The molecule has 1 saturated heterocycles. The van der Waals surface area contributed by atoms with Crippen molar-refractivity contribution >= 4 is 5.96 Å². The number of nitrogens with zero attached hydrogens (tertiary/aromatic N) is 3. The molecule has 0 radical (unpaired) electrons. The zero-order valence-electron chi connectivity index (χ0n) is 6.67. The maximum Gasteiger partial charge on any atom is 0.209 e. The zero-order valence-corrected chi connectivity index (χ0v) is 6.67. The van der Waals surface area contributed by atoms with Crippen LogP contribution in [0, 0.1) is 11.5 Å². The van der Waals surface area contributed by atoms with Gasteiger partial charge < -0.3 is 10.2 Å². The summed E-state index contributed by atoms with van der Waals surface area (Å²) in [6.45, 7) is 2.03. The maximum absolute atomic E-state index is 8.32. The van der Waals surface area contributed by atoms with Gasteiger partial charge in [0.05, 0.1) is 0 Å². The highest BCUT2D eigenvalue weighted by atomic mass is 15.3. The molecule has 60 valence electrons. The molecular formula is C7H12N4. The molecule has 4 nitrogen and oxygen atoms in total. The molecule has 1 rings (SSSR count). The van der Waals surface area contributed by atoms with E-state index in [9.17, 15) is 0 Å². The summed E-state index contributed by atoms with van der Waals surface area (Å²) < 4.78 is 0. The highest BCUT2D eigenvalue weighted by molar-refractivity contribution is 5.80. The smallest absolute Gasteiger partial charge is 0.209 e. The molecule has 1 N–H and O–H groups in total. The highest BCUT2D eigenvalue weighted by Crippen LogP contribution is 2.06. The van der Waals surface area contributed by atoms with Crippen LogP contribution in [0.5, 0.6) is 0 Å². The lowest BCUT2D eigenvalue weighted by atomic mass is 10.4. The third-order valence-corrected chi connectivity index (χ3v) is 1.79. The van der Waals surface area contributed by atoms with E-state index in [2.05, 4.69) is 15.2 Å². The Labute approximate surface area is 66.5 Å². The van der Waals surface area contributed by atoms with Crippen LogP contribution in [0.2, 0.25) is 0 Å². The Kier molecular flexibility index (Phi) is 2.73. The number of rotatable bonds is 0. The Morgan fingerprint density at radius 2 is 2.18 bits per heavy atom. The van der Waals surface area contributed by atoms with Crippen molar-refractivity contribution in [3.05, 3.63) is 0 Å². The van der Waals surface area contributed by atoms with Crippen LogP contribution in [0.25, 0.3) is 0 Å². The lowest BCUT2D eigenvalue weighted by Crippen LogP contribution is -2.37. The van der Waals surface area contributed by atoms with Gasteiger partial charge in [-0.3, -0.25) is 0 Å². The molecule has 1 fully saturated rings. The number of hydrogen-bond donors (Lipinski definition) is 1. The van der Waals surface area contributed by atoms with E-state index in [1.807, 2.05) is 0 Å². The number of likely N-dealkylation sites (tertiary alicyclic amines) is 1. The summed E-state index contributed by atoms with van der Waals surface area (Å²) in [5, 5.41) is 11.2. The summed E-state index contributed by atoms with van der Waals surface area (Å²) in [4.78, 5) is 5.75. The second kappa shape index (κ2) is 3.81. The Balaban J connectivity index is 2.55. The Hall–Kier alpha value is -1.24. The number of nitrogens with one attached hydrogen (secondary N) is 1. The van der Waals surface area contributed by atoms with Gasteiger partial charge in [0.15, 0.2) is 0 Å². The van der Waals surface area contributed by atoms with E-state index in [0.29, 0.717) is 5.96 Å². The quantitative estimate of drug-likeness (QED) is 0.305. The summed E-state index contributed by atoms with van der Waals surface area (Å²) in [5.74, 6) is 0.699. The van der Waals surface area contributed by atoms with Crippen molar-refractivity contribution in [2.75, 3.05) is 20.1 Å². The first-order valence-corrected chi connectivity index (χ1v) is 3.78. The summed E-state index contributed by atoms with van der Waals surface area (Å²) in [6, 6.07) is 0. The van der Waals surface area contributed by atoms with Crippen LogP contribution >= 0.6 is 0 Å². The Bertz CT molecular complexity index is 185. The van der Waals surface area contributed by atoms with Gasteiger partial charge in [0.25, 0.3) is 0 Å². The number of aliphatic imine (C=N–C) groups is 1. The summed E-state index contributed by atoms with van der Waals surface area (Å²) in [7, 11) is 1.79. The molecule has 0 spiro atoms. The van der Waals surface area contributed by atoms with Crippen LogP contribution in [0.3, 0.4) is 0 Å². The molecule has 0 atom stereocenters. The lowest BCUT2D eigenvalue weighted by Gasteiger charge is -2.17. The molecule has 0 bridgehead atoms. The van der Waals surface area contributed by atoms with Gasteiger partial charge in [-0.15, -0.1) is 4.99 Å². The molecule has 0 unspecified atom stereocenters. The summed E-state index contributed by atoms with van der Waals surface area (Å²) in [5.41, 5.74) is 0. The van der Waals surface area contributed by atoms with Crippen molar-refractivity contribution in [2.45, 2.75) is 12.8 Å². The van der Waals surface area contributed by atoms with Crippen LogP contribution in [0.1, 0.15) is 12.8 Å². The molecule has 11 heavy (non-hydrogen) atoms. The molecule has 1 aliphatic heterocycles. The number of hydrogen-bond acceptors (Lipinski definition) is 2. The highest BCUT2D eigenvalue weighted by Gasteiger charge is 2.14. The third kappa shape index (κ3) is 1.84. The van der Waals surface area contributed by atoms with Crippen molar-refractivity contribution in [2.24, 2.45) is 4.99 Å². The molecule has 0 aromatic heterocycles. The summed E-state index contributed by atoms with van der Waals surface area (Å²) in [6.07, 6.45) is 4.18. The van der Waals surface area contributed by atoms with E-state index < -0.39 is 0 Å². The Morgan fingerprint density at radius 1 is 1.55 bits per heavy atom. The lowest BCUT2D eigenvalue weighted by molar-refractivity contribution is 0.502. The van der Waals surface area contributed by atoms with Crippen molar-refractivity contribution < 1.29 is 0 Å². The first kappa shape index (κ1) is 7.86. The van der Waals surface area contributed by atoms with Gasteiger partial charge in [0.2, 0.25) is 12.2 Å². The minimum atomic E-state index is 0.699. The predicted octanol–water partition coefficient (Wildman–Crippen LogP) is 0.139. The molecule has 0 aromatic carbocycles. The molecule has 0 aromatic rings. The fraction of sp³-hybridized carbons (Fsp3) is 0.714. The fourth-order valence-corrected chi connectivity index (χ4v) is 1.26. The van der Waals surface area contributed by atoms with E-state index in [1.165, 1.54) is 12.8 Å². The van der Waals surface area contributed by atoms with E-state index >= 15 is 0 Å². The largest absolute Gasteiger partial charge is 0.358 e. The molecule has 1 heterocycles. The van der Waals surface area contributed by atoms with Crippen LogP contribution in [-0.4, -0.2) is 31.0 Å². The van der Waals surface area contributed by atoms with Gasteiger partial charge in [-0.1, -0.05) is 0 Å². The topological polar surface area (TPSA) is 51.4 Å². The zero-order chi connectivity index (χ0) is 8.10. The van der Waals surface area contributed by atoms with Crippen molar-refractivity contribution in [3.8, 4) is 6.19 Å². The van der Waals surface area contributed by atoms with Gasteiger partial charge in [-0.25, -0.2) is 0 Å². The first-order chi connectivity index (χ1) is 5.38. The van der Waals surface area contributed by atoms with Gasteiger partial charge >= 0.3 is 0 Å². The average molecular weight is 152 g/mol. The molecule has 4 heteroatoms. The van der Waals surface area contributed by atoms with Crippen molar-refractivity contribution in [1.29, 1.82) is 5.26 Å². The van der Waals surface area contributed by atoms with E-state index in [4.69, 9.17) is 5.26 Å². The maximum atomic E-state index is 8.32.